The molecule has 0 atom stereocenters. The number of nitrogens with one attached hydrogen (secondary N) is 1. The summed E-state index contributed by atoms with van der Waals surface area (Å²) in [5.74, 6) is -4.14. The highest BCUT2D eigenvalue weighted by molar-refractivity contribution is 5.87. The maximum absolute atomic E-state index is 14.8. The maximum Gasteiger partial charge on any atom is 0.183 e. The molecule has 0 saturated heterocycles. The molecular formula is C22H17F4N3O. The van der Waals surface area contributed by atoms with Crippen molar-refractivity contribution in [3.8, 4) is 0 Å². The van der Waals surface area contributed by atoms with E-state index >= 15 is 0 Å². The number of aldehydes is 1. The van der Waals surface area contributed by atoms with Gasteiger partial charge in [0.2, 0.25) is 0 Å². The summed E-state index contributed by atoms with van der Waals surface area (Å²) >= 11 is 0. The number of nitrogens with two attached hydrogens (primary N) is 1. The van der Waals surface area contributed by atoms with Gasteiger partial charge in [-0.05, 0) is 59.7 Å². The van der Waals surface area contributed by atoms with E-state index in [-0.39, 0.29) is 34.6 Å². The second-order valence-electron chi connectivity index (χ2n) is 7.23. The van der Waals surface area contributed by atoms with Gasteiger partial charge in [-0.3, -0.25) is 4.79 Å². The van der Waals surface area contributed by atoms with Gasteiger partial charge in [-0.2, -0.15) is 0 Å². The van der Waals surface area contributed by atoms with E-state index in [0.717, 1.165) is 24.5 Å². The quantitative estimate of drug-likeness (QED) is 0.427. The third-order valence-electron chi connectivity index (χ3n) is 5.12. The van der Waals surface area contributed by atoms with Gasteiger partial charge in [-0.1, -0.05) is 6.07 Å². The van der Waals surface area contributed by atoms with Crippen LogP contribution in [0.1, 0.15) is 45.8 Å². The van der Waals surface area contributed by atoms with Crippen LogP contribution in [0.2, 0.25) is 0 Å². The Labute approximate surface area is 169 Å². The molecule has 4 rings (SSSR count). The van der Waals surface area contributed by atoms with Crippen LogP contribution in [-0.4, -0.2) is 11.3 Å². The van der Waals surface area contributed by atoms with Crippen molar-refractivity contribution in [1.82, 2.24) is 4.98 Å². The van der Waals surface area contributed by atoms with Crippen LogP contribution in [-0.2, 0) is 6.42 Å². The number of rotatable bonds is 6. The van der Waals surface area contributed by atoms with Gasteiger partial charge >= 0.3 is 0 Å². The number of nitrogens with zero attached hydrogens (tertiary/aromatic N) is 1. The average molecular weight is 415 g/mol. The molecule has 3 aromatic rings. The van der Waals surface area contributed by atoms with Crippen LogP contribution in [0.5, 0.6) is 0 Å². The Balaban J connectivity index is 1.68. The number of carbonyl (C=O) groups is 1. The first-order valence-electron chi connectivity index (χ1n) is 9.30. The zero-order valence-electron chi connectivity index (χ0n) is 15.7. The standard InChI is InChI=1S/C22H17F4N3O/c23-16-9-12(11-1-2-11)3-4-17(16)29-21-15(10-30)8-14(18(24)20(21)26)7-13-5-6-28-22(27)19(13)25/h3-6,8-11,29H,1-2,7H2,(H2,27,28). The van der Waals surface area contributed by atoms with E-state index in [1.165, 1.54) is 24.4 Å². The van der Waals surface area contributed by atoms with Crippen molar-refractivity contribution in [1.29, 1.82) is 0 Å². The molecule has 1 aliphatic rings. The van der Waals surface area contributed by atoms with Gasteiger partial charge in [-0.25, -0.2) is 22.5 Å². The van der Waals surface area contributed by atoms with Gasteiger partial charge < -0.3 is 11.1 Å². The topological polar surface area (TPSA) is 68.0 Å². The molecule has 0 spiro atoms. The molecule has 1 saturated carbocycles. The van der Waals surface area contributed by atoms with Crippen LogP contribution >= 0.6 is 0 Å². The monoisotopic (exact) mass is 415 g/mol. The average Bonchev–Trinajstić information content (AvgIpc) is 3.57. The van der Waals surface area contributed by atoms with E-state index in [1.54, 1.807) is 6.07 Å². The van der Waals surface area contributed by atoms with Crippen molar-refractivity contribution >= 4 is 23.5 Å². The van der Waals surface area contributed by atoms with Crippen molar-refractivity contribution in [2.45, 2.75) is 25.2 Å². The first-order valence-corrected chi connectivity index (χ1v) is 9.30. The van der Waals surface area contributed by atoms with E-state index in [2.05, 4.69) is 10.3 Å². The van der Waals surface area contributed by atoms with Gasteiger partial charge in [-0.15, -0.1) is 0 Å². The van der Waals surface area contributed by atoms with Crippen LogP contribution in [0.4, 0.5) is 34.8 Å². The summed E-state index contributed by atoms with van der Waals surface area (Å²) in [7, 11) is 0. The second-order valence-corrected chi connectivity index (χ2v) is 7.23. The Morgan fingerprint density at radius 1 is 1.03 bits per heavy atom. The van der Waals surface area contributed by atoms with Crippen LogP contribution in [0.15, 0.2) is 36.5 Å². The smallest absolute Gasteiger partial charge is 0.183 e. The zero-order valence-corrected chi connectivity index (χ0v) is 15.7. The van der Waals surface area contributed by atoms with Gasteiger partial charge in [0.05, 0.1) is 11.4 Å². The lowest BCUT2D eigenvalue weighted by Gasteiger charge is -2.15. The summed E-state index contributed by atoms with van der Waals surface area (Å²) in [6.07, 6.45) is 3.21. The molecule has 2 aromatic carbocycles. The first kappa shape index (κ1) is 19.9. The van der Waals surface area contributed by atoms with Crippen molar-refractivity contribution in [2.75, 3.05) is 11.1 Å². The van der Waals surface area contributed by atoms with Gasteiger partial charge in [0.25, 0.3) is 0 Å². The molecule has 1 aromatic heterocycles. The van der Waals surface area contributed by atoms with E-state index < -0.39 is 29.0 Å². The van der Waals surface area contributed by atoms with Crippen molar-refractivity contribution in [2.24, 2.45) is 0 Å². The summed E-state index contributed by atoms with van der Waals surface area (Å²) < 4.78 is 58.0. The second kappa shape index (κ2) is 7.78. The maximum atomic E-state index is 14.8. The highest BCUT2D eigenvalue weighted by atomic mass is 19.2. The number of benzene rings is 2. The Hall–Kier alpha value is -3.42. The predicted molar refractivity (Wildman–Crippen MR) is 105 cm³/mol. The summed E-state index contributed by atoms with van der Waals surface area (Å²) in [5.41, 5.74) is 5.21. The van der Waals surface area contributed by atoms with E-state index in [0.29, 0.717) is 12.2 Å². The molecule has 1 heterocycles. The molecule has 0 unspecified atom stereocenters. The minimum absolute atomic E-state index is 0.0000624. The van der Waals surface area contributed by atoms with Crippen LogP contribution in [0.3, 0.4) is 0 Å². The predicted octanol–water partition coefficient (Wildman–Crippen LogP) is 5.24. The Morgan fingerprint density at radius 3 is 2.47 bits per heavy atom. The summed E-state index contributed by atoms with van der Waals surface area (Å²) in [6, 6.07) is 6.87. The van der Waals surface area contributed by atoms with Crippen LogP contribution < -0.4 is 11.1 Å². The van der Waals surface area contributed by atoms with Crippen LogP contribution in [0, 0.1) is 23.3 Å². The lowest BCUT2D eigenvalue weighted by Crippen LogP contribution is -2.08. The fourth-order valence-electron chi connectivity index (χ4n) is 3.33. The van der Waals surface area contributed by atoms with E-state index in [4.69, 9.17) is 5.73 Å². The van der Waals surface area contributed by atoms with Crippen molar-refractivity contribution in [3.05, 3.63) is 82.1 Å². The molecule has 8 heteroatoms. The number of hydrogen-bond donors (Lipinski definition) is 2. The number of aromatic nitrogens is 1. The third kappa shape index (κ3) is 3.72. The Kier molecular flexibility index (Phi) is 5.15. The van der Waals surface area contributed by atoms with Gasteiger partial charge in [0, 0.05) is 18.2 Å². The molecule has 0 amide bonds. The zero-order chi connectivity index (χ0) is 21.4. The number of pyridine rings is 1. The minimum Gasteiger partial charge on any atom is -0.381 e. The number of halogens is 4. The van der Waals surface area contributed by atoms with Crippen molar-refractivity contribution < 1.29 is 22.4 Å². The molecule has 0 radical (unpaired) electrons. The molecule has 1 fully saturated rings. The molecule has 0 bridgehead atoms. The molecular weight excluding hydrogens is 398 g/mol. The Morgan fingerprint density at radius 2 is 1.80 bits per heavy atom. The first-order chi connectivity index (χ1) is 14.4. The largest absolute Gasteiger partial charge is 0.381 e. The van der Waals surface area contributed by atoms with Gasteiger partial charge in [0.1, 0.15) is 5.82 Å². The van der Waals surface area contributed by atoms with Crippen LogP contribution in [0.25, 0.3) is 0 Å². The minimum atomic E-state index is -1.36. The molecule has 154 valence electrons. The highest BCUT2D eigenvalue weighted by Gasteiger charge is 2.25. The van der Waals surface area contributed by atoms with Crippen molar-refractivity contribution in [3.63, 3.8) is 0 Å². The molecule has 0 aliphatic heterocycles. The van der Waals surface area contributed by atoms with E-state index in [9.17, 15) is 22.4 Å². The Bertz CT molecular complexity index is 1150. The molecule has 3 N–H and O–H groups in total. The lowest BCUT2D eigenvalue weighted by atomic mass is 10.0. The summed E-state index contributed by atoms with van der Waals surface area (Å²) in [4.78, 5) is 15.1. The van der Waals surface area contributed by atoms with E-state index in [1.807, 2.05) is 0 Å². The number of nitrogen functional groups attached to an aromatic ring is 1. The SMILES string of the molecule is Nc1nccc(Cc2cc(C=O)c(Nc3ccc(C4CC4)cc3F)c(F)c2F)c1F. The molecule has 1 aliphatic carbocycles. The molecule has 30 heavy (non-hydrogen) atoms. The fraction of sp³-hybridized carbons (Fsp3) is 0.182. The number of anilines is 3. The fourth-order valence-corrected chi connectivity index (χ4v) is 3.33. The lowest BCUT2D eigenvalue weighted by molar-refractivity contribution is 0.112. The number of carbonyl (C=O) groups excluding carboxylic acids is 1. The number of hydrogen-bond acceptors (Lipinski definition) is 4. The summed E-state index contributed by atoms with van der Waals surface area (Å²) in [6.45, 7) is 0. The summed E-state index contributed by atoms with van der Waals surface area (Å²) in [5, 5.41) is 2.47. The van der Waals surface area contributed by atoms with Gasteiger partial charge in [0.15, 0.2) is 29.6 Å². The highest BCUT2D eigenvalue weighted by Crippen LogP contribution is 2.41. The molecule has 4 nitrogen and oxygen atoms in total. The normalized spacial score (nSPS) is 13.3. The third-order valence-corrected chi connectivity index (χ3v) is 5.12.